The number of nitrogens with zero attached hydrogens (tertiary/aromatic N) is 2. The first kappa shape index (κ1) is 22.5. The average molecular weight is 476 g/mol. The van der Waals surface area contributed by atoms with Gasteiger partial charge >= 0.3 is 6.09 Å². The van der Waals surface area contributed by atoms with Crippen LogP contribution in [0, 0.1) is 5.82 Å². The number of methoxy groups -OCH3 is 1. The van der Waals surface area contributed by atoms with E-state index in [-0.39, 0.29) is 47.3 Å². The Hall–Kier alpha value is -3.66. The zero-order valence-electron chi connectivity index (χ0n) is 17.7. The molecular weight excluding hydrogens is 457 g/mol. The average Bonchev–Trinajstić information content (AvgIpc) is 3.08. The molecule has 0 aromatic heterocycles. The smallest absolute Gasteiger partial charge is 0.419 e. The van der Waals surface area contributed by atoms with Gasteiger partial charge in [-0.05, 0) is 30.7 Å². The fourth-order valence-electron chi connectivity index (χ4n) is 3.85. The summed E-state index contributed by atoms with van der Waals surface area (Å²) in [6, 6.07) is 5.67. The Morgan fingerprint density at radius 2 is 1.97 bits per heavy atom. The van der Waals surface area contributed by atoms with Crippen LogP contribution in [0.15, 0.2) is 30.3 Å². The van der Waals surface area contributed by atoms with Gasteiger partial charge in [-0.1, -0.05) is 11.6 Å². The highest BCUT2D eigenvalue weighted by Gasteiger charge is 2.40. The largest absolute Gasteiger partial charge is 0.496 e. The number of carbonyl (C=O) groups excluding carboxylic acids is 4. The van der Waals surface area contributed by atoms with E-state index in [2.05, 4.69) is 5.32 Å². The third kappa shape index (κ3) is 4.34. The Morgan fingerprint density at radius 1 is 1.21 bits per heavy atom. The number of hydrogen-bond acceptors (Lipinski definition) is 6. The zero-order valence-corrected chi connectivity index (χ0v) is 18.4. The van der Waals surface area contributed by atoms with E-state index in [4.69, 9.17) is 21.1 Å². The molecule has 0 bridgehead atoms. The van der Waals surface area contributed by atoms with Crippen molar-refractivity contribution in [1.29, 1.82) is 0 Å². The Morgan fingerprint density at radius 3 is 2.64 bits per heavy atom. The number of amides is 4. The van der Waals surface area contributed by atoms with Crippen LogP contribution in [0.5, 0.6) is 11.5 Å². The number of nitrogens with one attached hydrogen (secondary N) is 1. The minimum absolute atomic E-state index is 0.0309. The standard InChI is InChI=1S/C22H19ClFN3O6/c1-26(13-6-11(23)5-12(24)7-13)22(31)33-14-8-15-16(18(9-14)32-2)10-27(21(15)30)17-3-4-19(28)25-20(17)29/h5-9,17H,3-4,10H2,1-2H3,(H,25,28,29). The molecule has 9 nitrogen and oxygen atoms in total. The van der Waals surface area contributed by atoms with Gasteiger partial charge in [0.05, 0.1) is 24.9 Å². The summed E-state index contributed by atoms with van der Waals surface area (Å²) in [6.45, 7) is 0.111. The van der Waals surface area contributed by atoms with E-state index in [0.717, 1.165) is 17.0 Å². The van der Waals surface area contributed by atoms with E-state index in [9.17, 15) is 23.6 Å². The van der Waals surface area contributed by atoms with Gasteiger partial charge in [-0.3, -0.25) is 24.6 Å². The Balaban J connectivity index is 1.57. The Bertz CT molecular complexity index is 1170. The number of carbonyl (C=O) groups is 4. The monoisotopic (exact) mass is 475 g/mol. The predicted molar refractivity (Wildman–Crippen MR) is 115 cm³/mol. The molecule has 0 aliphatic carbocycles. The highest BCUT2D eigenvalue weighted by Crippen LogP contribution is 2.37. The van der Waals surface area contributed by atoms with Crippen LogP contribution in [0.2, 0.25) is 5.02 Å². The first-order chi connectivity index (χ1) is 15.7. The molecule has 33 heavy (non-hydrogen) atoms. The fourth-order valence-corrected chi connectivity index (χ4v) is 4.07. The number of benzene rings is 2. The van der Waals surface area contributed by atoms with Crippen molar-refractivity contribution >= 4 is 41.1 Å². The van der Waals surface area contributed by atoms with Crippen LogP contribution in [0.25, 0.3) is 0 Å². The molecule has 1 atom stereocenters. The SMILES string of the molecule is COc1cc(OC(=O)N(C)c2cc(F)cc(Cl)c2)cc2c1CN(C1CCC(=O)NC1=O)C2=O. The van der Waals surface area contributed by atoms with Gasteiger partial charge in [-0.25, -0.2) is 9.18 Å². The summed E-state index contributed by atoms with van der Waals surface area (Å²) in [4.78, 5) is 51.8. The van der Waals surface area contributed by atoms with Crippen LogP contribution >= 0.6 is 11.6 Å². The second kappa shape index (κ2) is 8.70. The third-order valence-electron chi connectivity index (χ3n) is 5.52. The van der Waals surface area contributed by atoms with Crippen LogP contribution < -0.4 is 19.7 Å². The molecule has 2 aliphatic rings. The highest BCUT2D eigenvalue weighted by atomic mass is 35.5. The summed E-state index contributed by atoms with van der Waals surface area (Å²) in [5, 5.41) is 2.36. The normalized spacial score (nSPS) is 17.5. The summed E-state index contributed by atoms with van der Waals surface area (Å²) in [7, 11) is 2.79. The second-order valence-corrected chi connectivity index (χ2v) is 8.04. The molecule has 1 unspecified atom stereocenters. The van der Waals surface area contributed by atoms with Crippen molar-refractivity contribution in [2.45, 2.75) is 25.4 Å². The van der Waals surface area contributed by atoms with E-state index >= 15 is 0 Å². The molecule has 4 rings (SSSR count). The van der Waals surface area contributed by atoms with Gasteiger partial charge in [0.15, 0.2) is 0 Å². The molecule has 1 N–H and O–H groups in total. The lowest BCUT2D eigenvalue weighted by Gasteiger charge is -2.29. The predicted octanol–water partition coefficient (Wildman–Crippen LogP) is 2.88. The van der Waals surface area contributed by atoms with Crippen molar-refractivity contribution in [3.8, 4) is 11.5 Å². The maximum Gasteiger partial charge on any atom is 0.419 e. The lowest BCUT2D eigenvalue weighted by molar-refractivity contribution is -0.136. The number of ether oxygens (including phenoxy) is 2. The van der Waals surface area contributed by atoms with Gasteiger partial charge in [0, 0.05) is 30.1 Å². The van der Waals surface area contributed by atoms with Gasteiger partial charge in [0.1, 0.15) is 23.4 Å². The van der Waals surface area contributed by atoms with Gasteiger partial charge in [-0.2, -0.15) is 0 Å². The van der Waals surface area contributed by atoms with Crippen LogP contribution in [0.1, 0.15) is 28.8 Å². The number of piperidine rings is 1. The molecule has 4 amide bonds. The first-order valence-corrected chi connectivity index (χ1v) is 10.3. The van der Waals surface area contributed by atoms with E-state index in [1.165, 1.54) is 37.3 Å². The number of fused-ring (bicyclic) bond motifs is 1. The fraction of sp³-hybridized carbons (Fsp3) is 0.273. The quantitative estimate of drug-likeness (QED) is 0.682. The number of imide groups is 1. The van der Waals surface area contributed by atoms with Crippen molar-refractivity contribution in [3.63, 3.8) is 0 Å². The summed E-state index contributed by atoms with van der Waals surface area (Å²) in [5.74, 6) is -1.64. The minimum atomic E-state index is -0.842. The Labute approximate surface area is 193 Å². The lowest BCUT2D eigenvalue weighted by atomic mass is 10.0. The topological polar surface area (TPSA) is 105 Å². The number of rotatable bonds is 4. The van der Waals surface area contributed by atoms with Crippen molar-refractivity contribution in [2.75, 3.05) is 19.1 Å². The Kier molecular flexibility index (Phi) is 5.94. The van der Waals surface area contributed by atoms with Crippen LogP contribution in [-0.4, -0.2) is 48.9 Å². The molecule has 2 aromatic carbocycles. The third-order valence-corrected chi connectivity index (χ3v) is 5.74. The zero-order chi connectivity index (χ0) is 23.9. The molecule has 2 aliphatic heterocycles. The number of anilines is 1. The summed E-state index contributed by atoms with van der Waals surface area (Å²) in [5.41, 5.74) is 0.939. The van der Waals surface area contributed by atoms with E-state index in [1.807, 2.05) is 0 Å². The van der Waals surface area contributed by atoms with Crippen LogP contribution in [0.4, 0.5) is 14.9 Å². The highest BCUT2D eigenvalue weighted by molar-refractivity contribution is 6.30. The molecule has 1 saturated heterocycles. The van der Waals surface area contributed by atoms with Crippen molar-refractivity contribution in [1.82, 2.24) is 10.2 Å². The number of halogens is 2. The van der Waals surface area contributed by atoms with Gasteiger partial charge in [0.2, 0.25) is 11.8 Å². The van der Waals surface area contributed by atoms with E-state index in [0.29, 0.717) is 11.3 Å². The lowest BCUT2D eigenvalue weighted by Crippen LogP contribution is -2.52. The molecule has 0 saturated carbocycles. The molecule has 172 valence electrons. The van der Waals surface area contributed by atoms with E-state index < -0.39 is 29.8 Å². The van der Waals surface area contributed by atoms with E-state index in [1.54, 1.807) is 0 Å². The maximum atomic E-state index is 13.6. The van der Waals surface area contributed by atoms with Crippen LogP contribution in [0.3, 0.4) is 0 Å². The second-order valence-electron chi connectivity index (χ2n) is 7.61. The molecule has 11 heteroatoms. The molecule has 1 fully saturated rings. The summed E-state index contributed by atoms with van der Waals surface area (Å²) < 4.78 is 24.4. The van der Waals surface area contributed by atoms with Gasteiger partial charge < -0.3 is 14.4 Å². The maximum absolute atomic E-state index is 13.6. The molecule has 2 heterocycles. The summed E-state index contributed by atoms with van der Waals surface area (Å²) >= 11 is 5.85. The molecular formula is C22H19ClFN3O6. The van der Waals surface area contributed by atoms with Crippen molar-refractivity contribution in [2.24, 2.45) is 0 Å². The molecule has 2 aromatic rings. The van der Waals surface area contributed by atoms with Gasteiger partial charge in [-0.15, -0.1) is 0 Å². The van der Waals surface area contributed by atoms with Crippen molar-refractivity contribution in [3.05, 3.63) is 52.3 Å². The first-order valence-electron chi connectivity index (χ1n) is 9.95. The minimum Gasteiger partial charge on any atom is -0.496 e. The summed E-state index contributed by atoms with van der Waals surface area (Å²) in [6.07, 6.45) is -0.492. The van der Waals surface area contributed by atoms with Crippen LogP contribution in [-0.2, 0) is 16.1 Å². The number of hydrogen-bond donors (Lipinski definition) is 1. The molecule has 0 radical (unpaired) electrons. The van der Waals surface area contributed by atoms with Gasteiger partial charge in [0.25, 0.3) is 5.91 Å². The van der Waals surface area contributed by atoms with Crippen molar-refractivity contribution < 1.29 is 33.0 Å². The molecule has 0 spiro atoms.